The standard InChI is InChI=1S/C24H25FN9O3Si/c1-3-27-24(36)32-16-6-4-13(5-7-16)18-19(26)34-21-17(11-31-34)22(35)30-12-38(2)37-23-14(8-15(25)10-29-23)9-28-20(18)33-21/h4-8,10-11H,3,9,12,26H2,1-2H3,(H,28,33)(H,30,35)(H2,27,32,36). The number of fused-ring (bicyclic) bond motifs is 2. The van der Waals surface area contributed by atoms with E-state index >= 15 is 0 Å². The van der Waals surface area contributed by atoms with Gasteiger partial charge in [0.15, 0.2) is 5.65 Å². The molecule has 3 amide bonds. The summed E-state index contributed by atoms with van der Waals surface area (Å²) >= 11 is 0. The van der Waals surface area contributed by atoms with Crippen molar-refractivity contribution < 1.29 is 18.4 Å². The summed E-state index contributed by atoms with van der Waals surface area (Å²) in [6, 6.07) is 8.05. The summed E-state index contributed by atoms with van der Waals surface area (Å²) in [7, 11) is -1.54. The third-order valence-electron chi connectivity index (χ3n) is 5.80. The third kappa shape index (κ3) is 4.93. The molecule has 12 nitrogen and oxygen atoms in total. The lowest BCUT2D eigenvalue weighted by atomic mass is 10.1. The van der Waals surface area contributed by atoms with E-state index in [2.05, 4.69) is 31.3 Å². The quantitative estimate of drug-likeness (QED) is 0.251. The van der Waals surface area contributed by atoms with Crippen molar-refractivity contribution in [1.82, 2.24) is 30.2 Å². The molecule has 0 unspecified atom stereocenters. The fraction of sp³-hybridized carbons (Fsp3) is 0.208. The largest absolute Gasteiger partial charge is 0.527 e. The maximum absolute atomic E-state index is 14.1. The van der Waals surface area contributed by atoms with Gasteiger partial charge in [0.1, 0.15) is 23.0 Å². The first-order valence-corrected chi connectivity index (χ1v) is 13.9. The number of pyridine rings is 1. The molecule has 6 N–H and O–H groups in total. The fourth-order valence-electron chi connectivity index (χ4n) is 4.01. The number of hydrogen-bond acceptors (Lipinski definition) is 8. The van der Waals surface area contributed by atoms with Crippen LogP contribution >= 0.6 is 0 Å². The molecule has 0 aliphatic carbocycles. The van der Waals surface area contributed by atoms with Gasteiger partial charge in [-0.1, -0.05) is 12.1 Å². The number of aromatic nitrogens is 4. The highest BCUT2D eigenvalue weighted by molar-refractivity contribution is 6.51. The molecule has 0 saturated carbocycles. The molecule has 1 aliphatic rings. The Kier molecular flexibility index (Phi) is 6.78. The van der Waals surface area contributed by atoms with E-state index in [1.165, 1.54) is 16.8 Å². The number of rotatable bonds is 3. The summed E-state index contributed by atoms with van der Waals surface area (Å²) < 4.78 is 21.5. The Balaban J connectivity index is 1.61. The van der Waals surface area contributed by atoms with Gasteiger partial charge in [0.05, 0.1) is 18.0 Å². The zero-order valence-corrected chi connectivity index (χ0v) is 21.6. The van der Waals surface area contributed by atoms with E-state index in [1.807, 2.05) is 13.5 Å². The number of hydrogen-bond donors (Lipinski definition) is 5. The number of urea groups is 1. The molecule has 195 valence electrons. The fourth-order valence-corrected chi connectivity index (χ4v) is 5.01. The molecule has 1 aromatic carbocycles. The summed E-state index contributed by atoms with van der Waals surface area (Å²) in [6.07, 6.45) is 2.78. The van der Waals surface area contributed by atoms with Gasteiger partial charge in [0.2, 0.25) is 5.88 Å². The molecule has 38 heavy (non-hydrogen) atoms. The second kappa shape index (κ2) is 10.3. The normalized spacial score (nSPS) is 13.8. The van der Waals surface area contributed by atoms with Gasteiger partial charge < -0.3 is 31.4 Å². The molecule has 1 radical (unpaired) electrons. The Morgan fingerprint density at radius 2 is 2.05 bits per heavy atom. The summed E-state index contributed by atoms with van der Waals surface area (Å²) in [5.74, 6) is -0.00230. The summed E-state index contributed by atoms with van der Waals surface area (Å²) in [6.45, 7) is 4.33. The number of halogens is 1. The lowest BCUT2D eigenvalue weighted by Crippen LogP contribution is -2.37. The number of nitrogens with zero attached hydrogens (tertiary/aromatic N) is 4. The molecule has 0 saturated heterocycles. The summed E-state index contributed by atoms with van der Waals surface area (Å²) in [5, 5.41) is 15.8. The lowest BCUT2D eigenvalue weighted by Gasteiger charge is -2.17. The molecule has 5 rings (SSSR count). The minimum absolute atomic E-state index is 0.131. The van der Waals surface area contributed by atoms with Gasteiger partial charge in [0.25, 0.3) is 14.9 Å². The third-order valence-corrected chi connectivity index (χ3v) is 7.02. The van der Waals surface area contributed by atoms with Gasteiger partial charge in [-0.3, -0.25) is 4.79 Å². The van der Waals surface area contributed by atoms with E-state index in [0.29, 0.717) is 34.7 Å². The predicted molar refractivity (Wildman–Crippen MR) is 142 cm³/mol. The van der Waals surface area contributed by atoms with E-state index in [-0.39, 0.29) is 47.6 Å². The SMILES string of the molecule is CCNC(=O)Nc1ccc(-c2c3nc4c(cnn4c2N)C(=O)NC[Si](C)Oc2ncc(F)cc2CN3)cc1. The highest BCUT2D eigenvalue weighted by Crippen LogP contribution is 2.35. The minimum atomic E-state index is -1.54. The molecule has 14 heteroatoms. The zero-order valence-electron chi connectivity index (χ0n) is 20.6. The van der Waals surface area contributed by atoms with Crippen LogP contribution in [0.15, 0.2) is 42.7 Å². The predicted octanol–water partition coefficient (Wildman–Crippen LogP) is 2.55. The Labute approximate surface area is 218 Å². The van der Waals surface area contributed by atoms with Crippen molar-refractivity contribution in [1.29, 1.82) is 0 Å². The topological polar surface area (TPSA) is 161 Å². The molecule has 0 spiro atoms. The monoisotopic (exact) mass is 534 g/mol. The average molecular weight is 535 g/mol. The summed E-state index contributed by atoms with van der Waals surface area (Å²) in [4.78, 5) is 33.7. The molecule has 0 fully saturated rings. The van der Waals surface area contributed by atoms with E-state index in [4.69, 9.17) is 15.1 Å². The Morgan fingerprint density at radius 1 is 1.26 bits per heavy atom. The average Bonchev–Trinajstić information content (AvgIpc) is 3.32. The number of nitrogens with one attached hydrogen (secondary N) is 4. The molecule has 3 aromatic heterocycles. The van der Waals surface area contributed by atoms with Crippen LogP contribution in [0.3, 0.4) is 0 Å². The Bertz CT molecular complexity index is 1530. The molecule has 2 bridgehead atoms. The second-order valence-corrected chi connectivity index (χ2v) is 10.5. The minimum Gasteiger partial charge on any atom is -0.527 e. The van der Waals surface area contributed by atoms with E-state index < -0.39 is 14.9 Å². The van der Waals surface area contributed by atoms with Gasteiger partial charge >= 0.3 is 6.03 Å². The second-order valence-electron chi connectivity index (χ2n) is 8.53. The van der Waals surface area contributed by atoms with E-state index in [1.54, 1.807) is 24.3 Å². The van der Waals surface area contributed by atoms with Gasteiger partial charge in [-0.15, -0.1) is 0 Å². The molecular formula is C24H25FN9O3Si. The van der Waals surface area contributed by atoms with E-state index in [0.717, 1.165) is 6.20 Å². The molecular weight excluding hydrogens is 509 g/mol. The van der Waals surface area contributed by atoms with Crippen LogP contribution in [0.5, 0.6) is 5.88 Å². The van der Waals surface area contributed by atoms with Crippen LogP contribution in [0.2, 0.25) is 6.55 Å². The van der Waals surface area contributed by atoms with Gasteiger partial charge in [-0.05, 0) is 37.2 Å². The van der Waals surface area contributed by atoms with Crippen LogP contribution in [0.4, 0.5) is 26.5 Å². The van der Waals surface area contributed by atoms with E-state index in [9.17, 15) is 14.0 Å². The number of amides is 3. The van der Waals surface area contributed by atoms with Crippen LogP contribution < -0.4 is 31.4 Å². The highest BCUT2D eigenvalue weighted by atomic mass is 28.3. The first-order valence-electron chi connectivity index (χ1n) is 11.8. The molecule has 0 atom stereocenters. The van der Waals surface area contributed by atoms with Gasteiger partial charge in [-0.25, -0.2) is 19.2 Å². The Hall–Kier alpha value is -4.72. The van der Waals surface area contributed by atoms with Gasteiger partial charge in [-0.2, -0.15) is 9.61 Å². The molecule has 4 aromatic rings. The molecule has 4 heterocycles. The van der Waals surface area contributed by atoms with Crippen molar-refractivity contribution in [2.45, 2.75) is 20.0 Å². The van der Waals surface area contributed by atoms with Crippen molar-refractivity contribution in [2.24, 2.45) is 0 Å². The lowest BCUT2D eigenvalue weighted by molar-refractivity contribution is 0.0960. The van der Waals surface area contributed by atoms with Crippen LogP contribution in [0.1, 0.15) is 22.8 Å². The zero-order chi connectivity index (χ0) is 26.8. The van der Waals surface area contributed by atoms with Crippen LogP contribution in [-0.2, 0) is 6.54 Å². The first kappa shape index (κ1) is 24.9. The number of anilines is 3. The van der Waals surface area contributed by atoms with Crippen molar-refractivity contribution in [3.05, 3.63) is 59.7 Å². The number of carbonyl (C=O) groups is 2. The smallest absolute Gasteiger partial charge is 0.319 e. The maximum atomic E-state index is 14.1. The van der Waals surface area contributed by atoms with Crippen LogP contribution in [-0.4, -0.2) is 53.3 Å². The van der Waals surface area contributed by atoms with Crippen molar-refractivity contribution in [3.8, 4) is 17.0 Å². The van der Waals surface area contributed by atoms with Crippen molar-refractivity contribution in [3.63, 3.8) is 0 Å². The van der Waals surface area contributed by atoms with Crippen LogP contribution in [0, 0.1) is 5.82 Å². The van der Waals surface area contributed by atoms with Gasteiger partial charge in [0, 0.05) is 30.5 Å². The number of nitrogens with two attached hydrogens (primary N) is 1. The van der Waals surface area contributed by atoms with Crippen molar-refractivity contribution >= 4 is 43.9 Å². The first-order chi connectivity index (χ1) is 18.3. The number of nitrogen functional groups attached to an aromatic ring is 1. The Morgan fingerprint density at radius 3 is 2.82 bits per heavy atom. The highest BCUT2D eigenvalue weighted by Gasteiger charge is 2.24. The number of carbonyl (C=O) groups excluding carboxylic acids is 2. The van der Waals surface area contributed by atoms with Crippen LogP contribution in [0.25, 0.3) is 16.8 Å². The van der Waals surface area contributed by atoms with Crippen molar-refractivity contribution in [2.75, 3.05) is 29.1 Å². The number of benzene rings is 1. The molecule has 1 aliphatic heterocycles. The summed E-state index contributed by atoms with van der Waals surface area (Å²) in [5.41, 5.74) is 9.36. The maximum Gasteiger partial charge on any atom is 0.319 e.